The van der Waals surface area contributed by atoms with E-state index in [1.165, 1.54) is 10.8 Å². The zero-order valence-electron chi connectivity index (χ0n) is 13.5. The number of rotatable bonds is 2. The van der Waals surface area contributed by atoms with Crippen LogP contribution >= 0.6 is 0 Å². The number of hydrogen-bond acceptors (Lipinski definition) is 8. The Kier molecular flexibility index (Phi) is 7.54. The number of fused-ring (bicyclic) bond motifs is 1. The van der Waals surface area contributed by atoms with Gasteiger partial charge < -0.3 is 25.5 Å². The summed E-state index contributed by atoms with van der Waals surface area (Å²) in [5, 5.41) is 33.0. The molecule has 2 aromatic heterocycles. The minimum absolute atomic E-state index is 0. The van der Waals surface area contributed by atoms with Crippen LogP contribution in [0.4, 0.5) is 5.82 Å². The molecule has 3 rings (SSSR count). The molecule has 0 spiro atoms. The van der Waals surface area contributed by atoms with E-state index in [4.69, 9.17) is 20.5 Å². The molecule has 10 heteroatoms. The van der Waals surface area contributed by atoms with Gasteiger partial charge in [-0.15, -0.1) is 0 Å². The standard InChI is InChI=1S/C12H12N5O3.C3H5O.U/c1-12(4-13)10(19)8(18)9(20-12)6-2-3-7-11(14)15-5-16-17(6)7;1-2-3-4;/h2-3,5,8-10,18-19H,1H2,(H2,14,15,16);2H2,1H3;/q2*-1;+2/t8-,9?,10-,12-;;/m0../s1. The molecule has 3 heterocycles. The molecule has 1 fully saturated rings. The first-order valence-electron chi connectivity index (χ1n) is 7.13. The van der Waals surface area contributed by atoms with Crippen LogP contribution in [0.2, 0.25) is 0 Å². The molecule has 1 saturated heterocycles. The third-order valence-electron chi connectivity index (χ3n) is 3.58. The summed E-state index contributed by atoms with van der Waals surface area (Å²) in [7, 11) is 0. The first-order valence-corrected chi connectivity index (χ1v) is 7.13. The summed E-state index contributed by atoms with van der Waals surface area (Å²) < 4.78 is 6.87. The topological polar surface area (TPSA) is 147 Å². The van der Waals surface area contributed by atoms with Gasteiger partial charge in [0.25, 0.3) is 0 Å². The number of nitrogens with two attached hydrogens (primary N) is 1. The number of nitrogens with zero attached hydrogens (tertiary/aromatic N) is 4. The number of ether oxygens (including phenoxy) is 1. The van der Waals surface area contributed by atoms with Crippen molar-refractivity contribution in [3.8, 4) is 6.07 Å². The largest absolute Gasteiger partial charge is 2.00 e. The van der Waals surface area contributed by atoms with E-state index < -0.39 is 23.9 Å². The van der Waals surface area contributed by atoms with Gasteiger partial charge in [-0.3, -0.25) is 13.2 Å². The van der Waals surface area contributed by atoms with Crippen molar-refractivity contribution >= 4 is 17.6 Å². The molecule has 1 aliphatic rings. The van der Waals surface area contributed by atoms with E-state index in [0.29, 0.717) is 17.6 Å². The first-order chi connectivity index (χ1) is 11.4. The number of nitriles is 1. The third-order valence-corrected chi connectivity index (χ3v) is 3.58. The third kappa shape index (κ3) is 4.02. The summed E-state index contributed by atoms with van der Waals surface area (Å²) in [5.41, 5.74) is 5.01. The van der Waals surface area contributed by atoms with Crippen LogP contribution in [0.15, 0.2) is 18.5 Å². The molecule has 9 nitrogen and oxygen atoms in total. The van der Waals surface area contributed by atoms with E-state index in [-0.39, 0.29) is 36.9 Å². The monoisotopic (exact) mass is 569 g/mol. The Labute approximate surface area is 168 Å². The smallest absolute Gasteiger partial charge is 0.542 e. The van der Waals surface area contributed by atoms with Crippen LogP contribution in [0.25, 0.3) is 5.52 Å². The molecule has 25 heavy (non-hydrogen) atoms. The van der Waals surface area contributed by atoms with Crippen LogP contribution in [0, 0.1) is 49.4 Å². The number of carbonyl (C=O) groups excluding carboxylic acids is 1. The van der Waals surface area contributed by atoms with Crippen LogP contribution in [-0.4, -0.2) is 48.9 Å². The summed E-state index contributed by atoms with van der Waals surface area (Å²) in [6.07, 6.45) is -0.173. The van der Waals surface area contributed by atoms with Crippen molar-refractivity contribution in [1.82, 2.24) is 14.6 Å². The number of aliphatic hydroxyl groups excluding tert-OH is 2. The average molecular weight is 569 g/mol. The van der Waals surface area contributed by atoms with Gasteiger partial charge in [-0.05, 0) is 12.1 Å². The molecule has 1 unspecified atom stereocenters. The molecule has 0 aromatic carbocycles. The van der Waals surface area contributed by atoms with E-state index in [1.54, 1.807) is 31.4 Å². The molecule has 130 valence electrons. The molecule has 0 saturated carbocycles. The van der Waals surface area contributed by atoms with Crippen LogP contribution in [0.3, 0.4) is 0 Å². The predicted molar refractivity (Wildman–Crippen MR) is 82.9 cm³/mol. The van der Waals surface area contributed by atoms with Crippen LogP contribution < -0.4 is 5.73 Å². The van der Waals surface area contributed by atoms with E-state index in [9.17, 15) is 10.2 Å². The van der Waals surface area contributed by atoms with Gasteiger partial charge in [-0.1, -0.05) is 6.92 Å². The zero-order valence-corrected chi connectivity index (χ0v) is 17.6. The van der Waals surface area contributed by atoms with Crippen LogP contribution in [-0.2, 0) is 9.53 Å². The summed E-state index contributed by atoms with van der Waals surface area (Å²) in [6.45, 7) is 5.27. The number of hydrogen-bond donors (Lipinski definition) is 3. The Hall–Kier alpha value is -1.49. The number of aromatic nitrogens is 3. The maximum Gasteiger partial charge on any atom is 2.00 e. The Bertz CT molecular complexity index is 777. The normalized spacial score (nSPS) is 27.7. The molecule has 0 amide bonds. The molecule has 0 radical (unpaired) electrons. The van der Waals surface area contributed by atoms with Gasteiger partial charge >= 0.3 is 31.1 Å². The fourth-order valence-electron chi connectivity index (χ4n) is 2.32. The second-order valence-electron chi connectivity index (χ2n) is 5.17. The Morgan fingerprint density at radius 3 is 2.72 bits per heavy atom. The van der Waals surface area contributed by atoms with Crippen molar-refractivity contribution in [3.63, 3.8) is 0 Å². The minimum Gasteiger partial charge on any atom is -0.542 e. The van der Waals surface area contributed by atoms with E-state index in [1.807, 2.05) is 0 Å². The second kappa shape index (κ2) is 8.75. The van der Waals surface area contributed by atoms with Crippen LogP contribution in [0.1, 0.15) is 25.1 Å². The van der Waals surface area contributed by atoms with Gasteiger partial charge in [0.2, 0.25) is 0 Å². The number of anilines is 1. The van der Waals surface area contributed by atoms with Crippen molar-refractivity contribution in [1.29, 1.82) is 5.26 Å². The molecular formula is C15H17N5O4U. The minimum atomic E-state index is -1.72. The van der Waals surface area contributed by atoms with E-state index >= 15 is 0 Å². The second-order valence-corrected chi connectivity index (χ2v) is 5.17. The molecule has 4 atom stereocenters. The van der Waals surface area contributed by atoms with Gasteiger partial charge in [0, 0.05) is 0 Å². The average Bonchev–Trinajstić information content (AvgIpc) is 3.12. The maximum atomic E-state index is 10.1. The summed E-state index contributed by atoms with van der Waals surface area (Å²) in [5.74, 6) is 0.278. The molecule has 1 aliphatic heterocycles. The molecule has 4 N–H and O–H groups in total. The molecule has 2 aromatic rings. The zero-order chi connectivity index (χ0) is 17.9. The van der Waals surface area contributed by atoms with E-state index in [2.05, 4.69) is 17.0 Å². The summed E-state index contributed by atoms with van der Waals surface area (Å²) in [6, 6.07) is 5.07. The van der Waals surface area contributed by atoms with Crippen molar-refractivity contribution in [3.05, 3.63) is 31.1 Å². The van der Waals surface area contributed by atoms with Gasteiger partial charge in [0.15, 0.2) is 5.82 Å². The van der Waals surface area contributed by atoms with Gasteiger partial charge in [0.05, 0.1) is 23.5 Å². The first kappa shape index (κ1) is 21.6. The Balaban J connectivity index is 0.000000568. The van der Waals surface area contributed by atoms with Crippen molar-refractivity contribution in [2.24, 2.45) is 0 Å². The van der Waals surface area contributed by atoms with Crippen LogP contribution in [0.5, 0.6) is 0 Å². The van der Waals surface area contributed by atoms with E-state index in [0.717, 1.165) is 0 Å². The fourth-order valence-corrected chi connectivity index (χ4v) is 2.32. The van der Waals surface area contributed by atoms with Gasteiger partial charge in [-0.2, -0.15) is 16.8 Å². The Morgan fingerprint density at radius 1 is 1.56 bits per heavy atom. The van der Waals surface area contributed by atoms with Gasteiger partial charge in [0.1, 0.15) is 24.1 Å². The maximum absolute atomic E-state index is 10.1. The molecule has 0 bridgehead atoms. The predicted octanol–water partition coefficient (Wildman–Crippen LogP) is -0.293. The summed E-state index contributed by atoms with van der Waals surface area (Å²) in [4.78, 5) is 12.9. The quantitative estimate of drug-likeness (QED) is 0.419. The molecule has 0 aliphatic carbocycles. The Morgan fingerprint density at radius 2 is 2.20 bits per heavy atom. The van der Waals surface area contributed by atoms with Gasteiger partial charge in [-0.25, -0.2) is 9.50 Å². The van der Waals surface area contributed by atoms with Crippen molar-refractivity contribution in [2.75, 3.05) is 5.73 Å². The van der Waals surface area contributed by atoms with Crippen molar-refractivity contribution < 1.29 is 50.9 Å². The number of nitrogen functional groups attached to an aromatic ring is 1. The fraction of sp³-hybridized carbons (Fsp3) is 0.400. The molecular weight excluding hydrogens is 552 g/mol. The van der Waals surface area contributed by atoms with Crippen molar-refractivity contribution in [2.45, 2.75) is 37.3 Å². The number of aliphatic hydroxyl groups is 2. The SMILES string of the molecule is CC[C-]=O.[CH2-][C@@]1(C#N)OC(c2ccc3c(N)ncnn23)[C@H](O)[C@@H]1O.[U+2]. The summed E-state index contributed by atoms with van der Waals surface area (Å²) >= 11 is 0.